The van der Waals surface area contributed by atoms with Crippen molar-refractivity contribution >= 4 is 23.3 Å². The lowest BCUT2D eigenvalue weighted by Gasteiger charge is -2.28. The number of benzene rings is 1. The van der Waals surface area contributed by atoms with Gasteiger partial charge in [0, 0.05) is 11.1 Å². The van der Waals surface area contributed by atoms with Crippen LogP contribution in [0, 0.1) is 0 Å². The third-order valence-electron chi connectivity index (χ3n) is 3.19. The fraction of sp³-hybridized carbons (Fsp3) is 0.154. The van der Waals surface area contributed by atoms with E-state index in [1.807, 2.05) is 18.2 Å². The van der Waals surface area contributed by atoms with Crippen LogP contribution in [0.3, 0.4) is 0 Å². The van der Waals surface area contributed by atoms with Gasteiger partial charge in [-0.3, -0.25) is 14.7 Å². The van der Waals surface area contributed by atoms with Gasteiger partial charge in [0.2, 0.25) is 11.8 Å². The Kier molecular flexibility index (Phi) is 2.86. The first-order valence-corrected chi connectivity index (χ1v) is 6.12. The molecular formula is C13H13N5O2. The zero-order chi connectivity index (χ0) is 14.1. The Morgan fingerprint density at radius 2 is 2.00 bits per heavy atom. The third kappa shape index (κ3) is 1.99. The maximum atomic E-state index is 12.0. The van der Waals surface area contributed by atoms with Crippen LogP contribution in [0.4, 0.5) is 11.5 Å². The lowest BCUT2D eigenvalue weighted by molar-refractivity contribution is -0.128. The number of piperazine rings is 1. The molecule has 0 bridgehead atoms. The minimum atomic E-state index is -0.181. The predicted octanol–water partition coefficient (Wildman–Crippen LogP) is 0.122. The van der Waals surface area contributed by atoms with Gasteiger partial charge in [-0.05, 0) is 6.07 Å². The number of nitrogens with two attached hydrogens (primary N) is 1. The SMILES string of the molecule is Nc1[nH]ncc1-c1ccccc1N1CC(=O)NCC1=O. The van der Waals surface area contributed by atoms with Crippen molar-refractivity contribution in [2.75, 3.05) is 23.7 Å². The fourth-order valence-corrected chi connectivity index (χ4v) is 2.22. The summed E-state index contributed by atoms with van der Waals surface area (Å²) in [6.45, 7) is 0.0155. The number of carbonyl (C=O) groups is 2. The molecule has 7 heteroatoms. The molecule has 0 aliphatic carbocycles. The van der Waals surface area contributed by atoms with Gasteiger partial charge in [-0.25, -0.2) is 0 Å². The molecule has 0 radical (unpaired) electrons. The molecule has 2 aromatic rings. The first-order valence-electron chi connectivity index (χ1n) is 6.12. The summed E-state index contributed by atoms with van der Waals surface area (Å²) in [4.78, 5) is 25.0. The lowest BCUT2D eigenvalue weighted by Crippen LogP contribution is -2.51. The summed E-state index contributed by atoms with van der Waals surface area (Å²) in [5.41, 5.74) is 7.96. The van der Waals surface area contributed by atoms with Crippen molar-refractivity contribution in [3.05, 3.63) is 30.5 Å². The zero-order valence-electron chi connectivity index (χ0n) is 10.6. The van der Waals surface area contributed by atoms with Crippen LogP contribution in [-0.2, 0) is 9.59 Å². The summed E-state index contributed by atoms with van der Waals surface area (Å²) in [7, 11) is 0. The highest BCUT2D eigenvalue weighted by atomic mass is 16.2. The fourth-order valence-electron chi connectivity index (χ4n) is 2.22. The first kappa shape index (κ1) is 12.2. The molecule has 1 aromatic carbocycles. The smallest absolute Gasteiger partial charge is 0.246 e. The van der Waals surface area contributed by atoms with Gasteiger partial charge < -0.3 is 16.0 Å². The standard InChI is InChI=1S/C13H13N5O2/c14-13-9(5-16-17-13)8-3-1-2-4-10(8)18-7-11(19)15-6-12(18)20/h1-5H,6-7H2,(H,15,19)(H3,14,16,17). The minimum Gasteiger partial charge on any atom is -0.384 e. The van der Waals surface area contributed by atoms with E-state index in [2.05, 4.69) is 15.5 Å². The quantitative estimate of drug-likeness (QED) is 0.721. The van der Waals surface area contributed by atoms with Crippen LogP contribution >= 0.6 is 0 Å². The maximum absolute atomic E-state index is 12.0. The largest absolute Gasteiger partial charge is 0.384 e. The molecule has 1 aliphatic rings. The number of rotatable bonds is 2. The number of amides is 2. The van der Waals surface area contributed by atoms with Crippen LogP contribution in [-0.4, -0.2) is 35.1 Å². The summed E-state index contributed by atoms with van der Waals surface area (Å²) in [5, 5.41) is 9.07. The summed E-state index contributed by atoms with van der Waals surface area (Å²) in [6, 6.07) is 7.29. The summed E-state index contributed by atoms with van der Waals surface area (Å²) in [5.74, 6) is 0.0880. The zero-order valence-corrected chi connectivity index (χ0v) is 10.6. The molecule has 1 aliphatic heterocycles. The van der Waals surface area contributed by atoms with Crippen LogP contribution < -0.4 is 16.0 Å². The maximum Gasteiger partial charge on any atom is 0.246 e. The van der Waals surface area contributed by atoms with Gasteiger partial charge in [0.05, 0.1) is 18.4 Å². The van der Waals surface area contributed by atoms with Gasteiger partial charge in [-0.2, -0.15) is 5.10 Å². The lowest BCUT2D eigenvalue weighted by atomic mass is 10.0. The summed E-state index contributed by atoms with van der Waals surface area (Å²) >= 11 is 0. The molecule has 102 valence electrons. The van der Waals surface area contributed by atoms with Crippen molar-refractivity contribution in [3.63, 3.8) is 0 Å². The van der Waals surface area contributed by atoms with Crippen LogP contribution in [0.1, 0.15) is 0 Å². The van der Waals surface area contributed by atoms with Gasteiger partial charge in [0.25, 0.3) is 0 Å². The Bertz CT molecular complexity index is 679. The van der Waals surface area contributed by atoms with E-state index < -0.39 is 0 Å². The van der Waals surface area contributed by atoms with E-state index in [4.69, 9.17) is 5.73 Å². The molecule has 7 nitrogen and oxygen atoms in total. The van der Waals surface area contributed by atoms with Gasteiger partial charge >= 0.3 is 0 Å². The molecule has 2 amide bonds. The second kappa shape index (κ2) is 4.69. The van der Waals surface area contributed by atoms with E-state index >= 15 is 0 Å². The molecule has 0 saturated carbocycles. The number of nitrogen functional groups attached to an aromatic ring is 1. The van der Waals surface area contributed by atoms with Gasteiger partial charge in [0.15, 0.2) is 0 Å². The van der Waals surface area contributed by atoms with E-state index in [9.17, 15) is 9.59 Å². The van der Waals surface area contributed by atoms with E-state index in [1.165, 1.54) is 4.90 Å². The number of nitrogens with zero attached hydrogens (tertiary/aromatic N) is 2. The van der Waals surface area contributed by atoms with Crippen molar-refractivity contribution in [3.8, 4) is 11.1 Å². The number of nitrogens with one attached hydrogen (secondary N) is 2. The van der Waals surface area contributed by atoms with Crippen LogP contribution in [0.15, 0.2) is 30.5 Å². The summed E-state index contributed by atoms with van der Waals surface area (Å²) < 4.78 is 0. The Hall–Kier alpha value is -2.83. The third-order valence-corrected chi connectivity index (χ3v) is 3.19. The Balaban J connectivity index is 2.08. The van der Waals surface area contributed by atoms with Gasteiger partial charge in [0.1, 0.15) is 12.4 Å². The second-order valence-electron chi connectivity index (χ2n) is 4.47. The Morgan fingerprint density at radius 1 is 1.20 bits per heavy atom. The number of hydrogen-bond acceptors (Lipinski definition) is 4. The van der Waals surface area contributed by atoms with Crippen LogP contribution in [0.2, 0.25) is 0 Å². The Morgan fingerprint density at radius 3 is 2.75 bits per heavy atom. The molecule has 20 heavy (non-hydrogen) atoms. The molecule has 1 saturated heterocycles. The van der Waals surface area contributed by atoms with Crippen molar-refractivity contribution in [1.82, 2.24) is 15.5 Å². The number of aromatic amines is 1. The van der Waals surface area contributed by atoms with Crippen molar-refractivity contribution in [2.45, 2.75) is 0 Å². The topological polar surface area (TPSA) is 104 Å². The molecule has 0 atom stereocenters. The molecule has 3 rings (SSSR count). The number of hydrogen-bond donors (Lipinski definition) is 3. The monoisotopic (exact) mass is 271 g/mol. The number of para-hydroxylation sites is 1. The molecule has 0 spiro atoms. The van der Waals surface area contributed by atoms with Gasteiger partial charge in [-0.1, -0.05) is 18.2 Å². The van der Waals surface area contributed by atoms with E-state index in [-0.39, 0.29) is 24.9 Å². The predicted molar refractivity (Wildman–Crippen MR) is 73.8 cm³/mol. The highest BCUT2D eigenvalue weighted by Crippen LogP contribution is 2.33. The molecular weight excluding hydrogens is 258 g/mol. The average molecular weight is 271 g/mol. The first-order chi connectivity index (χ1) is 9.66. The van der Waals surface area contributed by atoms with Crippen molar-refractivity contribution < 1.29 is 9.59 Å². The average Bonchev–Trinajstić information content (AvgIpc) is 2.88. The number of anilines is 2. The number of aromatic nitrogens is 2. The molecule has 4 N–H and O–H groups in total. The molecule has 2 heterocycles. The van der Waals surface area contributed by atoms with E-state index in [1.54, 1.807) is 12.3 Å². The molecule has 1 aromatic heterocycles. The highest BCUT2D eigenvalue weighted by Gasteiger charge is 2.26. The molecule has 0 unspecified atom stereocenters. The highest BCUT2D eigenvalue weighted by molar-refractivity contribution is 6.07. The van der Waals surface area contributed by atoms with Crippen molar-refractivity contribution in [2.24, 2.45) is 0 Å². The number of H-pyrrole nitrogens is 1. The van der Waals surface area contributed by atoms with Gasteiger partial charge in [-0.15, -0.1) is 0 Å². The minimum absolute atomic E-state index is 0.00754. The Labute approximate surface area is 114 Å². The van der Waals surface area contributed by atoms with Crippen molar-refractivity contribution in [1.29, 1.82) is 0 Å². The van der Waals surface area contributed by atoms with E-state index in [0.717, 1.165) is 5.56 Å². The normalized spacial score (nSPS) is 15.3. The second-order valence-corrected chi connectivity index (χ2v) is 4.47. The van der Waals surface area contributed by atoms with E-state index in [0.29, 0.717) is 17.1 Å². The van der Waals surface area contributed by atoms with Crippen LogP contribution in [0.25, 0.3) is 11.1 Å². The summed E-state index contributed by atoms with van der Waals surface area (Å²) in [6.07, 6.45) is 1.60. The number of carbonyl (C=O) groups excluding carboxylic acids is 2. The molecule has 1 fully saturated rings. The van der Waals surface area contributed by atoms with Crippen LogP contribution in [0.5, 0.6) is 0 Å².